The van der Waals surface area contributed by atoms with Gasteiger partial charge in [-0.25, -0.2) is 30.3 Å². The van der Waals surface area contributed by atoms with Crippen LogP contribution in [0.2, 0.25) is 0 Å². The van der Waals surface area contributed by atoms with Crippen molar-refractivity contribution in [1.82, 2.24) is 9.03 Å². The Kier molecular flexibility index (Phi) is 5.45. The predicted molar refractivity (Wildman–Crippen MR) is 92.7 cm³/mol. The second-order valence-corrected chi connectivity index (χ2v) is 10.9. The number of rotatable bonds is 6. The molecule has 3 rings (SSSR count). The highest BCUT2D eigenvalue weighted by Crippen LogP contribution is 2.27. The standard InChI is InChI=1S/C15H16F2N2O4S3/c16-11-7-12(17)9-14(8-11)25(20,21)18-10-13-3-4-15(24-13)26(22,23)19-5-1-2-6-19/h3-4,7-9,18H,1-2,5-6,10H2. The maximum Gasteiger partial charge on any atom is 0.252 e. The Balaban J connectivity index is 1.73. The molecule has 1 fully saturated rings. The van der Waals surface area contributed by atoms with Crippen LogP contribution < -0.4 is 4.72 Å². The lowest BCUT2D eigenvalue weighted by Gasteiger charge is -2.13. The summed E-state index contributed by atoms with van der Waals surface area (Å²) in [6, 6.07) is 4.95. The minimum absolute atomic E-state index is 0.144. The van der Waals surface area contributed by atoms with Gasteiger partial charge in [0.05, 0.1) is 4.90 Å². The topological polar surface area (TPSA) is 83.5 Å². The fraction of sp³-hybridized carbons (Fsp3) is 0.333. The minimum atomic E-state index is -4.13. The van der Waals surface area contributed by atoms with Crippen molar-refractivity contribution in [3.63, 3.8) is 0 Å². The van der Waals surface area contributed by atoms with Crippen molar-refractivity contribution < 1.29 is 25.6 Å². The number of nitrogens with one attached hydrogen (secondary N) is 1. The van der Waals surface area contributed by atoms with Crippen LogP contribution in [0.1, 0.15) is 17.7 Å². The first-order valence-corrected chi connectivity index (χ1v) is 11.5. The average molecular weight is 423 g/mol. The maximum absolute atomic E-state index is 13.2. The summed E-state index contributed by atoms with van der Waals surface area (Å²) in [7, 11) is -7.69. The van der Waals surface area contributed by atoms with Crippen LogP contribution in [0.3, 0.4) is 0 Å². The van der Waals surface area contributed by atoms with Crippen molar-refractivity contribution in [2.24, 2.45) is 0 Å². The van der Waals surface area contributed by atoms with Crippen LogP contribution in [0.5, 0.6) is 0 Å². The summed E-state index contributed by atoms with van der Waals surface area (Å²) in [6.45, 7) is 0.779. The van der Waals surface area contributed by atoms with E-state index in [2.05, 4.69) is 4.72 Å². The number of hydrogen-bond donors (Lipinski definition) is 1. The number of hydrogen-bond acceptors (Lipinski definition) is 5. The van der Waals surface area contributed by atoms with Gasteiger partial charge in [0.15, 0.2) is 0 Å². The van der Waals surface area contributed by atoms with Gasteiger partial charge in [-0.15, -0.1) is 11.3 Å². The van der Waals surface area contributed by atoms with Crippen LogP contribution >= 0.6 is 11.3 Å². The highest BCUT2D eigenvalue weighted by Gasteiger charge is 2.28. The molecule has 1 N–H and O–H groups in total. The van der Waals surface area contributed by atoms with E-state index in [0.717, 1.165) is 24.2 Å². The molecule has 0 radical (unpaired) electrons. The van der Waals surface area contributed by atoms with E-state index in [9.17, 15) is 25.6 Å². The van der Waals surface area contributed by atoms with E-state index in [0.29, 0.717) is 36.2 Å². The highest BCUT2D eigenvalue weighted by molar-refractivity contribution is 7.91. The molecule has 6 nitrogen and oxygen atoms in total. The first-order chi connectivity index (χ1) is 12.2. The van der Waals surface area contributed by atoms with Crippen molar-refractivity contribution in [2.45, 2.75) is 28.5 Å². The Morgan fingerprint density at radius 3 is 2.23 bits per heavy atom. The molecule has 2 heterocycles. The van der Waals surface area contributed by atoms with Gasteiger partial charge in [0, 0.05) is 30.6 Å². The SMILES string of the molecule is O=S(=O)(NCc1ccc(S(=O)(=O)N2CCCC2)s1)c1cc(F)cc(F)c1. The summed E-state index contributed by atoms with van der Waals surface area (Å²) < 4.78 is 79.4. The molecule has 11 heteroatoms. The smallest absolute Gasteiger partial charge is 0.207 e. The summed E-state index contributed by atoms with van der Waals surface area (Å²) in [5.41, 5.74) is 0. The largest absolute Gasteiger partial charge is 0.252 e. The number of benzene rings is 1. The van der Waals surface area contributed by atoms with Crippen LogP contribution in [-0.4, -0.2) is 34.2 Å². The molecule has 0 aliphatic carbocycles. The van der Waals surface area contributed by atoms with Gasteiger partial charge in [0.25, 0.3) is 10.0 Å². The quantitative estimate of drug-likeness (QED) is 0.774. The second-order valence-electron chi connectivity index (χ2n) is 5.76. The molecule has 0 bridgehead atoms. The summed E-state index contributed by atoms with van der Waals surface area (Å²) in [6.07, 6.45) is 1.64. The summed E-state index contributed by atoms with van der Waals surface area (Å²) in [4.78, 5) is -0.0558. The molecule has 26 heavy (non-hydrogen) atoms. The lowest BCUT2D eigenvalue weighted by Crippen LogP contribution is -2.27. The van der Waals surface area contributed by atoms with Crippen LogP contribution in [0.15, 0.2) is 39.4 Å². The molecule has 1 aromatic carbocycles. The van der Waals surface area contributed by atoms with Crippen molar-refractivity contribution in [3.8, 4) is 0 Å². The van der Waals surface area contributed by atoms with E-state index in [-0.39, 0.29) is 10.8 Å². The van der Waals surface area contributed by atoms with E-state index in [1.807, 2.05) is 0 Å². The van der Waals surface area contributed by atoms with Gasteiger partial charge in [0.1, 0.15) is 15.8 Å². The van der Waals surface area contributed by atoms with E-state index in [4.69, 9.17) is 0 Å². The molecule has 1 aliphatic rings. The Morgan fingerprint density at radius 2 is 1.62 bits per heavy atom. The van der Waals surface area contributed by atoms with Crippen molar-refractivity contribution in [3.05, 3.63) is 46.8 Å². The molecule has 0 unspecified atom stereocenters. The third-order valence-electron chi connectivity index (χ3n) is 3.88. The number of halogens is 2. The summed E-state index contributed by atoms with van der Waals surface area (Å²) in [5, 5.41) is 0. The van der Waals surface area contributed by atoms with E-state index in [1.165, 1.54) is 16.4 Å². The zero-order chi connectivity index (χ0) is 18.9. The molecule has 1 aromatic heterocycles. The lowest BCUT2D eigenvalue weighted by molar-refractivity contribution is 0.479. The Morgan fingerprint density at radius 1 is 1.00 bits per heavy atom. The number of sulfonamides is 2. The van der Waals surface area contributed by atoms with Gasteiger partial charge in [0.2, 0.25) is 10.0 Å². The third kappa shape index (κ3) is 4.12. The van der Waals surface area contributed by atoms with Crippen molar-refractivity contribution in [1.29, 1.82) is 0 Å². The van der Waals surface area contributed by atoms with E-state index in [1.54, 1.807) is 0 Å². The monoisotopic (exact) mass is 422 g/mol. The van der Waals surface area contributed by atoms with Gasteiger partial charge in [-0.05, 0) is 37.1 Å². The fourth-order valence-corrected chi connectivity index (χ4v) is 6.69. The molecule has 142 valence electrons. The first kappa shape index (κ1) is 19.4. The van der Waals surface area contributed by atoms with Crippen LogP contribution in [0, 0.1) is 11.6 Å². The van der Waals surface area contributed by atoms with Crippen molar-refractivity contribution in [2.75, 3.05) is 13.1 Å². The molecule has 2 aromatic rings. The van der Waals surface area contributed by atoms with Gasteiger partial charge in [-0.1, -0.05) is 0 Å². The van der Waals surface area contributed by atoms with Gasteiger partial charge >= 0.3 is 0 Å². The first-order valence-electron chi connectivity index (χ1n) is 7.73. The Hall–Kier alpha value is -1.40. The fourth-order valence-electron chi connectivity index (χ4n) is 2.58. The maximum atomic E-state index is 13.2. The predicted octanol–water partition coefficient (Wildman–Crippen LogP) is 2.29. The van der Waals surface area contributed by atoms with Gasteiger partial charge in [-0.2, -0.15) is 4.31 Å². The summed E-state index contributed by atoms with van der Waals surface area (Å²) >= 11 is 0.964. The zero-order valence-corrected chi connectivity index (χ0v) is 15.9. The average Bonchev–Trinajstić information content (AvgIpc) is 3.24. The van der Waals surface area contributed by atoms with Crippen LogP contribution in [0.25, 0.3) is 0 Å². The lowest BCUT2D eigenvalue weighted by atomic mass is 10.3. The normalized spacial score (nSPS) is 16.2. The third-order valence-corrected chi connectivity index (χ3v) is 8.71. The zero-order valence-electron chi connectivity index (χ0n) is 13.5. The molecule has 1 saturated heterocycles. The van der Waals surface area contributed by atoms with Gasteiger partial charge in [-0.3, -0.25) is 0 Å². The van der Waals surface area contributed by atoms with Crippen LogP contribution in [0.4, 0.5) is 8.78 Å². The van der Waals surface area contributed by atoms with Crippen molar-refractivity contribution >= 4 is 31.4 Å². The molecular weight excluding hydrogens is 406 g/mol. The van der Waals surface area contributed by atoms with Crippen LogP contribution in [-0.2, 0) is 26.6 Å². The van der Waals surface area contributed by atoms with Gasteiger partial charge < -0.3 is 0 Å². The molecule has 0 spiro atoms. The Bertz CT molecular complexity index is 993. The highest BCUT2D eigenvalue weighted by atomic mass is 32.2. The van der Waals surface area contributed by atoms with E-state index < -0.39 is 36.6 Å². The number of thiophene rings is 1. The van der Waals surface area contributed by atoms with E-state index >= 15 is 0 Å². The summed E-state index contributed by atoms with van der Waals surface area (Å²) in [5.74, 6) is -2.00. The molecule has 1 aliphatic heterocycles. The molecule has 0 saturated carbocycles. The molecular formula is C15H16F2N2O4S3. The number of nitrogens with zero attached hydrogens (tertiary/aromatic N) is 1. The molecule has 0 atom stereocenters. The molecule has 0 amide bonds. The Labute approximate surface area is 154 Å². The minimum Gasteiger partial charge on any atom is -0.207 e. The second kappa shape index (κ2) is 7.31.